The summed E-state index contributed by atoms with van der Waals surface area (Å²) in [6.45, 7) is 8.91. The highest BCUT2D eigenvalue weighted by Crippen LogP contribution is 2.38. The molecule has 0 aliphatic carbocycles. The lowest BCUT2D eigenvalue weighted by molar-refractivity contribution is 0.0699. The van der Waals surface area contributed by atoms with E-state index >= 15 is 0 Å². The highest BCUT2D eigenvalue weighted by atomic mass is 32.1. The first-order valence-corrected chi connectivity index (χ1v) is 9.36. The molecule has 0 aliphatic heterocycles. The molecular formula is C21H13N3O4S. The first-order chi connectivity index (χ1) is 14.0. The second-order valence-electron chi connectivity index (χ2n) is 6.21. The Morgan fingerprint density at radius 3 is 2.69 bits per heavy atom. The molecule has 0 saturated carbocycles. The number of aromatic carboxylic acids is 1. The van der Waals surface area contributed by atoms with Crippen LogP contribution in [0.4, 0.5) is 10.7 Å². The Labute approximate surface area is 169 Å². The summed E-state index contributed by atoms with van der Waals surface area (Å²) in [6.07, 6.45) is 0. The predicted octanol–water partition coefficient (Wildman–Crippen LogP) is 5.37. The lowest BCUT2D eigenvalue weighted by Gasteiger charge is -2.07. The van der Waals surface area contributed by atoms with Gasteiger partial charge in [-0.1, -0.05) is 35.9 Å². The van der Waals surface area contributed by atoms with Crippen LogP contribution in [-0.4, -0.2) is 22.0 Å². The smallest absolute Gasteiger partial charge is 0.339 e. The Morgan fingerprint density at radius 2 is 2.00 bits per heavy atom. The van der Waals surface area contributed by atoms with Crippen LogP contribution in [0.3, 0.4) is 0 Å². The third kappa shape index (κ3) is 3.35. The van der Waals surface area contributed by atoms with Gasteiger partial charge in [-0.15, -0.1) is 11.3 Å². The molecule has 29 heavy (non-hydrogen) atoms. The van der Waals surface area contributed by atoms with Crippen LogP contribution in [0.5, 0.6) is 0 Å². The zero-order valence-corrected chi connectivity index (χ0v) is 15.9. The van der Waals surface area contributed by atoms with Gasteiger partial charge in [0.15, 0.2) is 11.3 Å². The Kier molecular flexibility index (Phi) is 4.58. The van der Waals surface area contributed by atoms with Crippen molar-refractivity contribution >= 4 is 45.0 Å². The van der Waals surface area contributed by atoms with E-state index in [4.69, 9.17) is 11.0 Å². The molecule has 0 spiro atoms. The van der Waals surface area contributed by atoms with Crippen molar-refractivity contribution < 1.29 is 19.1 Å². The van der Waals surface area contributed by atoms with Crippen LogP contribution in [-0.2, 0) is 0 Å². The number of aryl methyl sites for hydroxylation is 1. The van der Waals surface area contributed by atoms with E-state index in [0.717, 1.165) is 16.9 Å². The number of fused-ring (bicyclic) bond motifs is 1. The lowest BCUT2D eigenvalue weighted by Crippen LogP contribution is -2.13. The predicted molar refractivity (Wildman–Crippen MR) is 110 cm³/mol. The summed E-state index contributed by atoms with van der Waals surface area (Å²) in [6, 6.07) is 12.0. The van der Waals surface area contributed by atoms with Crippen molar-refractivity contribution in [2.24, 2.45) is 0 Å². The van der Waals surface area contributed by atoms with Crippen molar-refractivity contribution in [1.29, 1.82) is 0 Å². The molecule has 8 heteroatoms. The van der Waals surface area contributed by atoms with E-state index in [2.05, 4.69) is 15.1 Å². The van der Waals surface area contributed by atoms with Crippen LogP contribution in [0, 0.1) is 13.5 Å². The number of benzene rings is 2. The molecule has 0 bridgehead atoms. The molecule has 2 aromatic carbocycles. The maximum absolute atomic E-state index is 12.6. The minimum absolute atomic E-state index is 0.0156. The second kappa shape index (κ2) is 7.22. The fraction of sp³-hybridized carbons (Fsp3) is 0.0476. The summed E-state index contributed by atoms with van der Waals surface area (Å²) in [5.41, 5.74) is 3.41. The van der Waals surface area contributed by atoms with Gasteiger partial charge in [-0.3, -0.25) is 4.79 Å². The number of hydrogen-bond donors (Lipinski definition) is 2. The van der Waals surface area contributed by atoms with Gasteiger partial charge < -0.3 is 14.8 Å². The monoisotopic (exact) mass is 403 g/mol. The van der Waals surface area contributed by atoms with Gasteiger partial charge >= 0.3 is 11.9 Å². The van der Waals surface area contributed by atoms with Crippen LogP contribution in [0.15, 0.2) is 52.3 Å². The standard InChI is InChI=1S/C21H13N3O4S/c1-11-9-12(22-2)7-8-13(11)14-10-29-20(17(14)21(26)27)24-18(25)19-23-15-5-3-4-6-16(15)28-19/h3-10H,1H3,(H,24,25)(H,26,27). The van der Waals surface area contributed by atoms with Gasteiger partial charge in [0, 0.05) is 10.9 Å². The number of carboxylic acids is 1. The Bertz CT molecular complexity index is 1280. The molecule has 4 rings (SSSR count). The number of thiophene rings is 1. The third-order valence-corrected chi connectivity index (χ3v) is 5.24. The Morgan fingerprint density at radius 1 is 1.21 bits per heavy atom. The number of para-hydroxylation sites is 2. The average molecular weight is 403 g/mol. The molecule has 0 aliphatic rings. The summed E-state index contributed by atoms with van der Waals surface area (Å²) in [5, 5.41) is 14.2. The summed E-state index contributed by atoms with van der Waals surface area (Å²) in [5.74, 6) is -1.94. The summed E-state index contributed by atoms with van der Waals surface area (Å²) in [4.78, 5) is 32.0. The van der Waals surface area contributed by atoms with Crippen LogP contribution >= 0.6 is 11.3 Å². The summed E-state index contributed by atoms with van der Waals surface area (Å²) < 4.78 is 5.44. The van der Waals surface area contributed by atoms with Gasteiger partial charge in [-0.05, 0) is 24.6 Å². The maximum Gasteiger partial charge on any atom is 0.339 e. The number of anilines is 1. The van der Waals surface area contributed by atoms with Gasteiger partial charge in [0.25, 0.3) is 5.89 Å². The van der Waals surface area contributed by atoms with Gasteiger partial charge in [0.1, 0.15) is 16.1 Å². The SMILES string of the molecule is [C-]#[N+]c1ccc(-c2csc(NC(=O)c3nc4ccccc4o3)c2C(=O)O)c(C)c1. The quantitative estimate of drug-likeness (QED) is 0.447. The van der Waals surface area contributed by atoms with E-state index in [1.807, 2.05) is 6.92 Å². The zero-order chi connectivity index (χ0) is 20.5. The molecule has 2 heterocycles. The highest BCUT2D eigenvalue weighted by Gasteiger charge is 2.24. The molecule has 142 valence electrons. The van der Waals surface area contributed by atoms with Crippen LogP contribution in [0.25, 0.3) is 27.1 Å². The topological polar surface area (TPSA) is 96.8 Å². The van der Waals surface area contributed by atoms with Crippen molar-refractivity contribution in [3.63, 3.8) is 0 Å². The van der Waals surface area contributed by atoms with E-state index in [0.29, 0.717) is 27.9 Å². The van der Waals surface area contributed by atoms with E-state index in [-0.39, 0.29) is 16.5 Å². The largest absolute Gasteiger partial charge is 0.478 e. The van der Waals surface area contributed by atoms with Gasteiger partial charge in [0.2, 0.25) is 0 Å². The number of carboxylic acid groups (broad SMARTS) is 1. The van der Waals surface area contributed by atoms with E-state index < -0.39 is 11.9 Å². The molecule has 2 N–H and O–H groups in total. The first-order valence-electron chi connectivity index (χ1n) is 8.48. The minimum atomic E-state index is -1.16. The van der Waals surface area contributed by atoms with Crippen LogP contribution in [0.1, 0.15) is 26.6 Å². The van der Waals surface area contributed by atoms with Crippen molar-refractivity contribution in [2.45, 2.75) is 6.92 Å². The normalized spacial score (nSPS) is 10.6. The molecular weight excluding hydrogens is 390 g/mol. The number of nitrogens with zero attached hydrogens (tertiary/aromatic N) is 2. The van der Waals surface area contributed by atoms with Crippen LogP contribution in [0.2, 0.25) is 0 Å². The fourth-order valence-corrected chi connectivity index (χ4v) is 3.95. The fourth-order valence-electron chi connectivity index (χ4n) is 3.01. The minimum Gasteiger partial charge on any atom is -0.478 e. The van der Waals surface area contributed by atoms with Crippen LogP contribution < -0.4 is 5.32 Å². The molecule has 0 atom stereocenters. The number of carbonyl (C=O) groups excluding carboxylic acids is 1. The Hall–Kier alpha value is -3.96. The molecule has 0 unspecified atom stereocenters. The summed E-state index contributed by atoms with van der Waals surface area (Å²) >= 11 is 1.11. The van der Waals surface area contributed by atoms with Crippen molar-refractivity contribution in [2.75, 3.05) is 5.32 Å². The number of rotatable bonds is 4. The third-order valence-electron chi connectivity index (χ3n) is 4.35. The number of amides is 1. The van der Waals surface area contributed by atoms with Crippen molar-refractivity contribution in [3.05, 3.63) is 76.3 Å². The summed E-state index contributed by atoms with van der Waals surface area (Å²) in [7, 11) is 0. The molecule has 0 fully saturated rings. The molecule has 1 amide bonds. The van der Waals surface area contributed by atoms with Gasteiger partial charge in [-0.25, -0.2) is 14.6 Å². The maximum atomic E-state index is 12.6. The van der Waals surface area contributed by atoms with Gasteiger partial charge in [-0.2, -0.15) is 0 Å². The molecule has 0 saturated heterocycles. The number of carbonyl (C=O) groups is 2. The van der Waals surface area contributed by atoms with Gasteiger partial charge in [0.05, 0.1) is 6.57 Å². The Balaban J connectivity index is 1.71. The van der Waals surface area contributed by atoms with E-state index in [9.17, 15) is 14.7 Å². The zero-order valence-electron chi connectivity index (χ0n) is 15.1. The number of nitrogens with one attached hydrogen (secondary N) is 1. The molecule has 0 radical (unpaired) electrons. The number of oxazole rings is 1. The lowest BCUT2D eigenvalue weighted by atomic mass is 9.99. The molecule has 7 nitrogen and oxygen atoms in total. The molecule has 4 aromatic rings. The molecule has 2 aromatic heterocycles. The van der Waals surface area contributed by atoms with E-state index in [1.54, 1.807) is 47.8 Å². The second-order valence-corrected chi connectivity index (χ2v) is 7.09. The average Bonchev–Trinajstić information content (AvgIpc) is 3.32. The van der Waals surface area contributed by atoms with E-state index in [1.165, 1.54) is 0 Å². The van der Waals surface area contributed by atoms with Crippen molar-refractivity contribution in [3.8, 4) is 11.1 Å². The van der Waals surface area contributed by atoms with Crippen molar-refractivity contribution in [1.82, 2.24) is 4.98 Å². The highest BCUT2D eigenvalue weighted by molar-refractivity contribution is 7.15. The number of aromatic nitrogens is 1. The number of hydrogen-bond acceptors (Lipinski definition) is 5. The first kappa shape index (κ1) is 18.4.